The van der Waals surface area contributed by atoms with Crippen LogP contribution >= 0.6 is 12.4 Å². The molecule has 3 rings (SSSR count). The van der Waals surface area contributed by atoms with Crippen molar-refractivity contribution in [3.63, 3.8) is 0 Å². The van der Waals surface area contributed by atoms with Crippen LogP contribution < -0.4 is 11.1 Å². The van der Waals surface area contributed by atoms with E-state index in [0.717, 1.165) is 24.0 Å². The first-order valence-corrected chi connectivity index (χ1v) is 7.68. The minimum atomic E-state index is -0.475. The van der Waals surface area contributed by atoms with E-state index in [0.29, 0.717) is 25.6 Å². The molecule has 0 radical (unpaired) electrons. The van der Waals surface area contributed by atoms with E-state index in [-0.39, 0.29) is 24.2 Å². The van der Waals surface area contributed by atoms with E-state index in [1.807, 2.05) is 24.3 Å². The maximum atomic E-state index is 12.2. The Hall–Kier alpha value is -2.03. The van der Waals surface area contributed by atoms with Crippen LogP contribution in [0, 0.1) is 5.92 Å². The van der Waals surface area contributed by atoms with Gasteiger partial charge in [0.2, 0.25) is 11.7 Å². The van der Waals surface area contributed by atoms with Crippen LogP contribution in [0.2, 0.25) is 0 Å². The van der Waals surface area contributed by atoms with Gasteiger partial charge < -0.3 is 15.8 Å². The van der Waals surface area contributed by atoms with Crippen molar-refractivity contribution in [1.29, 1.82) is 0 Å². The van der Waals surface area contributed by atoms with Crippen molar-refractivity contribution in [2.45, 2.75) is 25.4 Å². The Morgan fingerprint density at radius 3 is 2.67 bits per heavy atom. The highest BCUT2D eigenvalue weighted by atomic mass is 35.5. The van der Waals surface area contributed by atoms with Gasteiger partial charge in [0.1, 0.15) is 0 Å². The molecule has 1 amide bonds. The number of halogens is 1. The third-order valence-electron chi connectivity index (χ3n) is 4.10. The van der Waals surface area contributed by atoms with Crippen molar-refractivity contribution in [3.05, 3.63) is 29.8 Å². The molecule has 0 saturated carbocycles. The number of rotatable bonds is 5. The van der Waals surface area contributed by atoms with Crippen LogP contribution in [-0.2, 0) is 16.1 Å². The zero-order valence-corrected chi connectivity index (χ0v) is 14.0. The number of H-pyrrole nitrogens is 1. The number of aromatic amines is 1. The Labute approximate surface area is 145 Å². The number of aromatic nitrogens is 4. The first-order valence-electron chi connectivity index (χ1n) is 7.68. The zero-order valence-electron chi connectivity index (χ0n) is 13.1. The van der Waals surface area contributed by atoms with Crippen LogP contribution in [-0.4, -0.2) is 45.8 Å². The number of nitrogens with two attached hydrogens (primary N) is 1. The number of amides is 1. The molecule has 1 fully saturated rings. The predicted molar refractivity (Wildman–Crippen MR) is 90.2 cm³/mol. The van der Waals surface area contributed by atoms with Crippen molar-refractivity contribution >= 4 is 18.3 Å². The molecular formula is C15H21ClN6O2. The Bertz CT molecular complexity index is 628. The Balaban J connectivity index is 0.00000208. The molecule has 130 valence electrons. The fourth-order valence-corrected chi connectivity index (χ4v) is 2.65. The van der Waals surface area contributed by atoms with Crippen LogP contribution in [0.15, 0.2) is 24.3 Å². The van der Waals surface area contributed by atoms with E-state index in [4.69, 9.17) is 10.5 Å². The highest BCUT2D eigenvalue weighted by Gasteiger charge is 2.26. The summed E-state index contributed by atoms with van der Waals surface area (Å²) >= 11 is 0. The second-order valence-corrected chi connectivity index (χ2v) is 5.63. The molecule has 8 nitrogen and oxygen atoms in total. The molecular weight excluding hydrogens is 332 g/mol. The average Bonchev–Trinajstić information content (AvgIpc) is 3.15. The number of tetrazole rings is 1. The third-order valence-corrected chi connectivity index (χ3v) is 4.10. The van der Waals surface area contributed by atoms with Gasteiger partial charge in [-0.15, -0.1) is 22.6 Å². The molecule has 1 atom stereocenters. The molecule has 1 aliphatic heterocycles. The second-order valence-electron chi connectivity index (χ2n) is 5.63. The lowest BCUT2D eigenvalue weighted by Crippen LogP contribution is -2.46. The molecule has 24 heavy (non-hydrogen) atoms. The molecule has 2 aromatic rings. The predicted octanol–water partition coefficient (Wildman–Crippen LogP) is 0.659. The highest BCUT2D eigenvalue weighted by molar-refractivity contribution is 5.85. The van der Waals surface area contributed by atoms with Gasteiger partial charge >= 0.3 is 0 Å². The number of hydrogen-bond donors (Lipinski definition) is 3. The van der Waals surface area contributed by atoms with Crippen LogP contribution in [0.1, 0.15) is 18.4 Å². The normalized spacial score (nSPS) is 16.2. The Morgan fingerprint density at radius 2 is 2.04 bits per heavy atom. The molecule has 9 heteroatoms. The summed E-state index contributed by atoms with van der Waals surface area (Å²) in [6.45, 7) is 1.81. The smallest absolute Gasteiger partial charge is 0.237 e. The minimum Gasteiger partial charge on any atom is -0.381 e. The van der Waals surface area contributed by atoms with Gasteiger partial charge in [-0.3, -0.25) is 4.79 Å². The van der Waals surface area contributed by atoms with Crippen molar-refractivity contribution in [2.75, 3.05) is 13.2 Å². The van der Waals surface area contributed by atoms with E-state index in [1.165, 1.54) is 0 Å². The van der Waals surface area contributed by atoms with Gasteiger partial charge in [0, 0.05) is 25.3 Å². The standard InChI is InChI=1S/C15H20N6O2.ClH/c16-13(11-5-7-23-8-6-11)15(22)17-9-10-1-3-12(4-2-10)14-18-20-21-19-14;/h1-4,11,13H,5-9,16H2,(H,17,22)(H,18,19,20,21);1H. The summed E-state index contributed by atoms with van der Waals surface area (Å²) in [7, 11) is 0. The first-order chi connectivity index (χ1) is 11.2. The molecule has 2 heterocycles. The van der Waals surface area contributed by atoms with Crippen molar-refractivity contribution in [3.8, 4) is 11.4 Å². The van der Waals surface area contributed by atoms with Crippen LogP contribution in [0.5, 0.6) is 0 Å². The first kappa shape index (κ1) is 18.3. The number of carbonyl (C=O) groups is 1. The fraction of sp³-hybridized carbons (Fsp3) is 0.467. The monoisotopic (exact) mass is 352 g/mol. The lowest BCUT2D eigenvalue weighted by atomic mass is 9.92. The minimum absolute atomic E-state index is 0. The van der Waals surface area contributed by atoms with E-state index in [1.54, 1.807) is 0 Å². The molecule has 1 aromatic carbocycles. The van der Waals surface area contributed by atoms with Crippen molar-refractivity contribution in [2.24, 2.45) is 11.7 Å². The van der Waals surface area contributed by atoms with Crippen LogP contribution in [0.4, 0.5) is 0 Å². The number of carbonyl (C=O) groups excluding carboxylic acids is 1. The fourth-order valence-electron chi connectivity index (χ4n) is 2.65. The molecule has 4 N–H and O–H groups in total. The van der Waals surface area contributed by atoms with Crippen LogP contribution in [0.3, 0.4) is 0 Å². The van der Waals surface area contributed by atoms with Gasteiger partial charge in [-0.25, -0.2) is 0 Å². The highest BCUT2D eigenvalue weighted by Crippen LogP contribution is 2.18. The van der Waals surface area contributed by atoms with Gasteiger partial charge in [-0.05, 0) is 29.5 Å². The number of hydrogen-bond acceptors (Lipinski definition) is 6. The maximum Gasteiger partial charge on any atom is 0.237 e. The maximum absolute atomic E-state index is 12.2. The Morgan fingerprint density at radius 1 is 1.33 bits per heavy atom. The molecule has 0 spiro atoms. The van der Waals surface area contributed by atoms with Crippen molar-refractivity contribution < 1.29 is 9.53 Å². The summed E-state index contributed by atoms with van der Waals surface area (Å²) in [6, 6.07) is 7.16. The summed E-state index contributed by atoms with van der Waals surface area (Å²) < 4.78 is 5.30. The number of ether oxygens (including phenoxy) is 1. The topological polar surface area (TPSA) is 119 Å². The molecule has 1 saturated heterocycles. The van der Waals surface area contributed by atoms with E-state index < -0.39 is 6.04 Å². The summed E-state index contributed by atoms with van der Waals surface area (Å²) in [5.74, 6) is 0.630. The van der Waals surface area contributed by atoms with E-state index in [2.05, 4.69) is 25.9 Å². The van der Waals surface area contributed by atoms with E-state index >= 15 is 0 Å². The average molecular weight is 353 g/mol. The van der Waals surface area contributed by atoms with Gasteiger partial charge in [-0.2, -0.15) is 5.21 Å². The van der Waals surface area contributed by atoms with Gasteiger partial charge in [0.25, 0.3) is 0 Å². The van der Waals surface area contributed by atoms with Gasteiger partial charge in [0.05, 0.1) is 6.04 Å². The van der Waals surface area contributed by atoms with Gasteiger partial charge in [0.15, 0.2) is 0 Å². The number of benzene rings is 1. The SMILES string of the molecule is Cl.NC(C(=O)NCc1ccc(-c2nn[nH]n2)cc1)C1CCOCC1. The van der Waals surface area contributed by atoms with Crippen LogP contribution in [0.25, 0.3) is 11.4 Å². The summed E-state index contributed by atoms with van der Waals surface area (Å²) in [4.78, 5) is 12.2. The zero-order chi connectivity index (χ0) is 16.1. The largest absolute Gasteiger partial charge is 0.381 e. The number of nitrogens with zero attached hydrogens (tertiary/aromatic N) is 3. The quantitative estimate of drug-likeness (QED) is 0.727. The molecule has 0 bridgehead atoms. The lowest BCUT2D eigenvalue weighted by molar-refractivity contribution is -0.124. The number of nitrogens with one attached hydrogen (secondary N) is 2. The summed E-state index contributed by atoms with van der Waals surface area (Å²) in [5, 5.41) is 16.7. The molecule has 1 unspecified atom stereocenters. The summed E-state index contributed by atoms with van der Waals surface area (Å²) in [6.07, 6.45) is 1.68. The molecule has 1 aromatic heterocycles. The summed E-state index contributed by atoms with van der Waals surface area (Å²) in [5.41, 5.74) is 7.91. The second kappa shape index (κ2) is 8.72. The molecule has 1 aliphatic rings. The Kier molecular flexibility index (Phi) is 6.65. The lowest BCUT2D eigenvalue weighted by Gasteiger charge is -2.26. The third kappa shape index (κ3) is 4.50. The van der Waals surface area contributed by atoms with Gasteiger partial charge in [-0.1, -0.05) is 24.3 Å². The van der Waals surface area contributed by atoms with E-state index in [9.17, 15) is 4.79 Å². The molecule has 0 aliphatic carbocycles. The van der Waals surface area contributed by atoms with Crippen molar-refractivity contribution in [1.82, 2.24) is 25.9 Å².